The second-order valence-electron chi connectivity index (χ2n) is 19.4. The summed E-state index contributed by atoms with van der Waals surface area (Å²) in [5.41, 5.74) is -0.0579. The van der Waals surface area contributed by atoms with Gasteiger partial charge in [-0.1, -0.05) is 55.1 Å². The number of carbonyl (C=O) groups is 3. The number of hydrogen-bond acceptors (Lipinski definition) is 13. The highest BCUT2D eigenvalue weighted by molar-refractivity contribution is 6.67. The van der Waals surface area contributed by atoms with Gasteiger partial charge < -0.3 is 34.1 Å². The average molecular weight is 860 g/mol. The number of rotatable bonds is 8. The van der Waals surface area contributed by atoms with Crippen LogP contribution in [0.4, 0.5) is 0 Å². The number of esters is 3. The van der Waals surface area contributed by atoms with Crippen LogP contribution >= 0.6 is 0 Å². The van der Waals surface area contributed by atoms with Crippen molar-refractivity contribution in [3.05, 3.63) is 76.4 Å². The van der Waals surface area contributed by atoms with Gasteiger partial charge in [0.05, 0.1) is 43.5 Å². The highest BCUT2D eigenvalue weighted by Gasteiger charge is 2.81. The molecule has 6 aliphatic heterocycles. The monoisotopic (exact) mass is 859 g/mol. The number of piperidine rings is 1. The third-order valence-electron chi connectivity index (χ3n) is 16.6. The van der Waals surface area contributed by atoms with Crippen molar-refractivity contribution in [2.75, 3.05) is 61.1 Å². The van der Waals surface area contributed by atoms with Gasteiger partial charge in [-0.15, -0.1) is 0 Å². The van der Waals surface area contributed by atoms with E-state index >= 15 is 4.79 Å². The van der Waals surface area contributed by atoms with Crippen LogP contribution in [0.2, 0.25) is 0 Å². The molecule has 8 aliphatic rings. The lowest BCUT2D eigenvalue weighted by Crippen LogP contribution is -2.79. The van der Waals surface area contributed by atoms with Gasteiger partial charge in [0.1, 0.15) is 0 Å². The molecule has 4 fully saturated rings. The maximum atomic E-state index is 15.5. The molecule has 1 aromatic carbocycles. The molecule has 3 saturated heterocycles. The summed E-state index contributed by atoms with van der Waals surface area (Å²) < 4.78 is 24.2. The van der Waals surface area contributed by atoms with Gasteiger partial charge in [-0.25, -0.2) is 4.79 Å². The van der Waals surface area contributed by atoms with Crippen molar-refractivity contribution in [2.45, 2.75) is 94.8 Å². The summed E-state index contributed by atoms with van der Waals surface area (Å²) in [5, 5.41) is 34.9. The number of likely N-dealkylation sites (tertiary alicyclic amines) is 1. The Morgan fingerprint density at radius 1 is 1.03 bits per heavy atom. The Balaban J connectivity index is 1.32. The van der Waals surface area contributed by atoms with E-state index in [9.17, 15) is 25.1 Å². The van der Waals surface area contributed by atoms with E-state index in [1.807, 2.05) is 37.9 Å². The molecule has 13 nitrogen and oxygen atoms in total. The number of likely N-dealkylation sites (N-methyl/N-ethyl adjacent to an activating group) is 1. The molecule has 2 N–H and O–H groups in total. The minimum atomic E-state index is -2.31. The normalized spacial score (nSPS) is 39.8. The largest absolute Gasteiger partial charge is 0.468 e. The van der Waals surface area contributed by atoms with E-state index < -0.39 is 69.5 Å². The zero-order valence-corrected chi connectivity index (χ0v) is 37.6. The van der Waals surface area contributed by atoms with Crippen LogP contribution in [-0.2, 0) is 33.3 Å². The second-order valence-corrected chi connectivity index (χ2v) is 19.4. The lowest BCUT2D eigenvalue weighted by Gasteiger charge is -2.63. The van der Waals surface area contributed by atoms with Crippen molar-refractivity contribution in [1.29, 1.82) is 5.26 Å². The first kappa shape index (κ1) is 43.7. The lowest BCUT2D eigenvalue weighted by atomic mass is 9.46. The molecule has 0 aromatic heterocycles. The first-order chi connectivity index (χ1) is 30.2. The number of carbonyl (C=O) groups excluding carboxylic acids is 3. The highest BCUT2D eigenvalue weighted by Crippen LogP contribution is 2.70. The fourth-order valence-corrected chi connectivity index (χ4v) is 14.4. The fraction of sp³-hybridized carbons (Fsp3) is 0.592. The number of hydrogen-bond donors (Lipinski definition) is 2. The molecule has 1 aromatic rings. The minimum absolute atomic E-state index is 0.0962. The summed E-state index contributed by atoms with van der Waals surface area (Å²) in [6, 6.07) is 7.00. The topological polar surface area (TPSA) is 162 Å². The Morgan fingerprint density at radius 3 is 2.49 bits per heavy atom. The number of ether oxygens (including phenoxy) is 4. The number of nitriles is 1. The molecule has 12 atom stereocenters. The van der Waals surface area contributed by atoms with Crippen LogP contribution in [0.25, 0.3) is 11.6 Å². The third kappa shape index (κ3) is 6.02. The van der Waals surface area contributed by atoms with Crippen LogP contribution in [0, 0.1) is 39.4 Å². The zero-order valence-electron chi connectivity index (χ0n) is 37.6. The Bertz CT molecular complexity index is 2320. The predicted molar refractivity (Wildman–Crippen MR) is 236 cm³/mol. The third-order valence-corrected chi connectivity index (χ3v) is 16.6. The summed E-state index contributed by atoms with van der Waals surface area (Å²) in [7, 11) is 8.38. The van der Waals surface area contributed by atoms with Gasteiger partial charge in [-0.05, 0) is 91.5 Å². The van der Waals surface area contributed by atoms with E-state index in [1.54, 1.807) is 13.2 Å². The van der Waals surface area contributed by atoms with E-state index in [-0.39, 0.29) is 12.0 Å². The van der Waals surface area contributed by atoms with Crippen molar-refractivity contribution in [3.8, 4) is 6.07 Å². The van der Waals surface area contributed by atoms with Crippen molar-refractivity contribution < 1.29 is 43.5 Å². The number of benzene rings is 1. The summed E-state index contributed by atoms with van der Waals surface area (Å²) >= 11 is 0. The van der Waals surface area contributed by atoms with Gasteiger partial charge in [0, 0.05) is 81.8 Å². The molecule has 2 bridgehead atoms. The van der Waals surface area contributed by atoms with Crippen molar-refractivity contribution in [3.63, 3.8) is 0 Å². The van der Waals surface area contributed by atoms with Crippen molar-refractivity contribution in [2.24, 2.45) is 28.1 Å². The average Bonchev–Trinajstić information content (AvgIpc) is 3.94. The first-order valence-corrected chi connectivity index (χ1v) is 22.6. The van der Waals surface area contributed by atoms with Crippen LogP contribution < -0.4 is 5.46 Å². The molecule has 0 amide bonds. The van der Waals surface area contributed by atoms with Crippen LogP contribution in [0.5, 0.6) is 0 Å². The van der Waals surface area contributed by atoms with Gasteiger partial charge in [-0.3, -0.25) is 19.4 Å². The highest BCUT2D eigenvalue weighted by atomic mass is 16.6. The number of methoxy groups -OCH3 is 3. The van der Waals surface area contributed by atoms with E-state index in [0.717, 1.165) is 38.9 Å². The van der Waals surface area contributed by atoms with E-state index in [0.29, 0.717) is 71.2 Å². The molecule has 14 heteroatoms. The Morgan fingerprint density at radius 2 is 1.81 bits per heavy atom. The zero-order chi connectivity index (χ0) is 44.9. The Kier molecular flexibility index (Phi) is 10.8. The number of nitrogens with zero attached hydrogens (tertiary/aromatic N) is 4. The molecular formula is C49H60BN4O9. The van der Waals surface area contributed by atoms with Gasteiger partial charge >= 0.3 is 17.9 Å². The molecule has 333 valence electrons. The maximum absolute atomic E-state index is 15.5. The van der Waals surface area contributed by atoms with E-state index in [1.165, 1.54) is 27.2 Å². The summed E-state index contributed by atoms with van der Waals surface area (Å²) in [5.74, 6) is -2.62. The number of allylic oxidation sites excluding steroid dienone is 2. The molecule has 1 saturated carbocycles. The Hall–Kier alpha value is -4.52. The van der Waals surface area contributed by atoms with Gasteiger partial charge in [-0.2, -0.15) is 5.26 Å². The lowest BCUT2D eigenvalue weighted by molar-refractivity contribution is -0.243. The Labute approximate surface area is 371 Å². The molecule has 9 rings (SSSR count). The number of fused-ring (bicyclic) bond motifs is 5. The summed E-state index contributed by atoms with van der Waals surface area (Å²) in [6.07, 6.45) is 12.8. The smallest absolute Gasteiger partial charge is 0.344 e. The quantitative estimate of drug-likeness (QED) is 0.129. The molecule has 63 heavy (non-hydrogen) atoms. The van der Waals surface area contributed by atoms with Crippen LogP contribution in [0.1, 0.15) is 70.4 Å². The van der Waals surface area contributed by atoms with Crippen molar-refractivity contribution in [1.82, 2.24) is 14.7 Å². The molecule has 2 aliphatic carbocycles. The predicted octanol–water partition coefficient (Wildman–Crippen LogP) is 3.34. The van der Waals surface area contributed by atoms with Crippen molar-refractivity contribution >= 4 is 42.3 Å². The van der Waals surface area contributed by atoms with E-state index in [2.05, 4.69) is 53.5 Å². The molecule has 3 unspecified atom stereocenters. The molecule has 1 radical (unpaired) electrons. The van der Waals surface area contributed by atoms with Crippen LogP contribution in [-0.4, -0.2) is 147 Å². The molecular weight excluding hydrogens is 799 g/mol. The summed E-state index contributed by atoms with van der Waals surface area (Å²) in [4.78, 5) is 49.8. The SMILES string of the molecule is CC[C@]1(O)C[C@H]2CN(CCC3=C([B]c4ccc(/C=C/C#N)cc43)[C@@](C(=O)OC)(C3C=C4C(=CC3OC)N(C)[C@H]3[C@@](O)(C(=O)OC)[C@H](OC(C)=O)[C@]5(CC)C=CCN6CC[C@]43[C@@H]65)C2)C1. The van der Waals surface area contributed by atoms with E-state index in [4.69, 9.17) is 18.9 Å². The molecule has 6 heterocycles. The standard InChI is InChI=1S/C49H60BN4O9/c1-8-45(58)25-31-26-48(43(56)61-6,39-32(15-20-53(27-31)28-45)33-22-30(12-10-18-51)13-14-36(33)50-39)35-23-34-37(24-38(35)60-5)52(4)41-47(34)17-21-54-19-11-16-46(9-2,40(47)54)42(63-29(3)55)49(41,59)44(57)62-7/h10-14,16,22-24,31,35,38,40-42,58-59H,8-9,15,17,19-21,25-28H2,1-7H3/b12-10+/t31-,35?,38?,40+,41-,42-,45+,46-,47-,48+,49+/m1/s1. The van der Waals surface area contributed by atoms with Crippen LogP contribution in [0.3, 0.4) is 0 Å². The first-order valence-electron chi connectivity index (χ1n) is 22.6. The maximum Gasteiger partial charge on any atom is 0.344 e. The van der Waals surface area contributed by atoms with Crippen LogP contribution in [0.15, 0.2) is 65.3 Å². The van der Waals surface area contributed by atoms with Gasteiger partial charge in [0.25, 0.3) is 0 Å². The number of aliphatic hydroxyl groups is 2. The molecule has 1 spiro atoms. The second kappa shape index (κ2) is 15.6. The minimum Gasteiger partial charge on any atom is -0.468 e. The van der Waals surface area contributed by atoms with Gasteiger partial charge in [0.15, 0.2) is 13.4 Å². The summed E-state index contributed by atoms with van der Waals surface area (Å²) in [6.45, 7) is 8.55. The van der Waals surface area contributed by atoms with Gasteiger partial charge in [0.2, 0.25) is 5.60 Å². The fourth-order valence-electron chi connectivity index (χ4n) is 14.4.